The van der Waals surface area contributed by atoms with Gasteiger partial charge < -0.3 is 10.4 Å². The molecule has 4 atom stereocenters. The molecule has 4 aliphatic rings. The molecule has 1 amide bonds. The zero-order chi connectivity index (χ0) is 11.4. The smallest absolute Gasteiger partial charge is 0.217 e. The van der Waals surface area contributed by atoms with Gasteiger partial charge in [-0.15, -0.1) is 0 Å². The SMILES string of the molecule is CC(=O)NC12C[C@@H]3C[C@@H](CC(CO)(C3)C1)C2. The molecule has 4 fully saturated rings. The Kier molecular flexibility index (Phi) is 2.13. The van der Waals surface area contributed by atoms with Crippen molar-refractivity contribution < 1.29 is 9.90 Å². The van der Waals surface area contributed by atoms with Crippen LogP contribution >= 0.6 is 0 Å². The van der Waals surface area contributed by atoms with Gasteiger partial charge in [0, 0.05) is 19.1 Å². The van der Waals surface area contributed by atoms with Crippen LogP contribution in [0.5, 0.6) is 0 Å². The quantitative estimate of drug-likeness (QED) is 0.744. The van der Waals surface area contributed by atoms with E-state index in [1.54, 1.807) is 6.92 Å². The second kappa shape index (κ2) is 3.22. The van der Waals surface area contributed by atoms with Crippen LogP contribution < -0.4 is 5.32 Å². The van der Waals surface area contributed by atoms with Gasteiger partial charge in [-0.25, -0.2) is 0 Å². The highest BCUT2D eigenvalue weighted by Crippen LogP contribution is 2.61. The van der Waals surface area contributed by atoms with Crippen molar-refractivity contribution in [1.29, 1.82) is 0 Å². The Labute approximate surface area is 96.6 Å². The van der Waals surface area contributed by atoms with Crippen LogP contribution in [-0.2, 0) is 4.79 Å². The molecule has 0 saturated heterocycles. The van der Waals surface area contributed by atoms with E-state index >= 15 is 0 Å². The molecule has 4 rings (SSSR count). The normalized spacial score (nSPS) is 49.4. The molecule has 4 aliphatic carbocycles. The number of carbonyl (C=O) groups is 1. The topological polar surface area (TPSA) is 49.3 Å². The van der Waals surface area contributed by atoms with Gasteiger partial charge >= 0.3 is 0 Å². The molecule has 0 aromatic heterocycles. The summed E-state index contributed by atoms with van der Waals surface area (Å²) in [6.07, 6.45) is 6.98. The summed E-state index contributed by atoms with van der Waals surface area (Å²) in [5.41, 5.74) is 0.158. The number of carbonyl (C=O) groups excluding carboxylic acids is 1. The Balaban J connectivity index is 1.89. The summed E-state index contributed by atoms with van der Waals surface area (Å²) < 4.78 is 0. The zero-order valence-corrected chi connectivity index (χ0v) is 9.96. The van der Waals surface area contributed by atoms with E-state index in [9.17, 15) is 9.90 Å². The molecule has 0 aromatic carbocycles. The first kappa shape index (κ1) is 10.6. The van der Waals surface area contributed by atoms with Crippen LogP contribution in [0.3, 0.4) is 0 Å². The standard InChI is InChI=1S/C13H21NO2/c1-9(16)14-13-5-10-2-11(6-13)4-12(3-10,7-13)8-15/h10-11,15H,2-8H2,1H3,(H,14,16)/t10-,11+,12?,13?. The number of amides is 1. The number of aliphatic hydroxyl groups is 1. The maximum Gasteiger partial charge on any atom is 0.217 e. The molecule has 3 nitrogen and oxygen atoms in total. The van der Waals surface area contributed by atoms with Gasteiger partial charge in [0.15, 0.2) is 0 Å². The van der Waals surface area contributed by atoms with Gasteiger partial charge in [-0.1, -0.05) is 0 Å². The van der Waals surface area contributed by atoms with E-state index in [4.69, 9.17) is 0 Å². The van der Waals surface area contributed by atoms with Crippen LogP contribution in [0, 0.1) is 17.3 Å². The Hall–Kier alpha value is -0.570. The monoisotopic (exact) mass is 223 g/mol. The fraction of sp³-hybridized carbons (Fsp3) is 0.923. The maximum absolute atomic E-state index is 11.3. The Morgan fingerprint density at radius 2 is 1.94 bits per heavy atom. The minimum Gasteiger partial charge on any atom is -0.396 e. The van der Waals surface area contributed by atoms with Crippen molar-refractivity contribution in [1.82, 2.24) is 5.32 Å². The van der Waals surface area contributed by atoms with Crippen LogP contribution in [-0.4, -0.2) is 23.2 Å². The molecule has 90 valence electrons. The largest absolute Gasteiger partial charge is 0.396 e. The minimum atomic E-state index is 0.0264. The van der Waals surface area contributed by atoms with Gasteiger partial charge in [0.25, 0.3) is 0 Å². The van der Waals surface area contributed by atoms with E-state index in [0.29, 0.717) is 6.61 Å². The van der Waals surface area contributed by atoms with Crippen molar-refractivity contribution >= 4 is 5.91 Å². The highest BCUT2D eigenvalue weighted by Gasteiger charge is 2.57. The van der Waals surface area contributed by atoms with Gasteiger partial charge in [0.05, 0.1) is 0 Å². The number of nitrogens with one attached hydrogen (secondary N) is 1. The minimum absolute atomic E-state index is 0.0264. The van der Waals surface area contributed by atoms with Crippen molar-refractivity contribution in [2.24, 2.45) is 17.3 Å². The Bertz CT molecular complexity index is 312. The van der Waals surface area contributed by atoms with E-state index in [2.05, 4.69) is 5.32 Å². The molecule has 16 heavy (non-hydrogen) atoms. The molecule has 0 radical (unpaired) electrons. The molecular formula is C13H21NO2. The number of aliphatic hydroxyl groups excluding tert-OH is 1. The number of rotatable bonds is 2. The first-order valence-electron chi connectivity index (χ1n) is 6.44. The maximum atomic E-state index is 11.3. The van der Waals surface area contributed by atoms with Gasteiger partial charge in [0.1, 0.15) is 0 Å². The summed E-state index contributed by atoms with van der Waals surface area (Å²) in [5, 5.41) is 12.9. The molecule has 3 heteroatoms. The Morgan fingerprint density at radius 3 is 2.44 bits per heavy atom. The van der Waals surface area contributed by atoms with Crippen LogP contribution in [0.2, 0.25) is 0 Å². The number of hydrogen-bond acceptors (Lipinski definition) is 2. The molecule has 0 aromatic rings. The van der Waals surface area contributed by atoms with Crippen LogP contribution in [0.1, 0.15) is 45.4 Å². The number of hydrogen-bond donors (Lipinski definition) is 2. The molecule has 0 aliphatic heterocycles. The average Bonchev–Trinajstić information content (AvgIpc) is 2.13. The van der Waals surface area contributed by atoms with Crippen LogP contribution in [0.15, 0.2) is 0 Å². The van der Waals surface area contributed by atoms with Crippen molar-refractivity contribution in [3.05, 3.63) is 0 Å². The summed E-state index contributed by atoms with van der Waals surface area (Å²) in [7, 11) is 0. The van der Waals surface area contributed by atoms with Crippen LogP contribution in [0.25, 0.3) is 0 Å². The van der Waals surface area contributed by atoms with E-state index in [0.717, 1.165) is 31.1 Å². The van der Waals surface area contributed by atoms with Crippen LogP contribution in [0.4, 0.5) is 0 Å². The summed E-state index contributed by atoms with van der Waals surface area (Å²) >= 11 is 0. The average molecular weight is 223 g/mol. The molecule has 0 spiro atoms. The molecule has 0 heterocycles. The lowest BCUT2D eigenvalue weighted by molar-refractivity contribution is -0.133. The summed E-state index contributed by atoms with van der Waals surface area (Å²) in [6, 6.07) is 0. The third-order valence-electron chi connectivity index (χ3n) is 4.96. The van der Waals surface area contributed by atoms with Gasteiger partial charge in [-0.2, -0.15) is 0 Å². The second-order valence-electron chi connectivity index (χ2n) is 6.58. The van der Waals surface area contributed by atoms with Crippen molar-refractivity contribution in [3.8, 4) is 0 Å². The van der Waals surface area contributed by atoms with Gasteiger partial charge in [-0.05, 0) is 55.8 Å². The fourth-order valence-corrected chi connectivity index (χ4v) is 5.16. The lowest BCUT2D eigenvalue weighted by Crippen LogP contribution is -2.63. The van der Waals surface area contributed by atoms with Crippen molar-refractivity contribution in [2.45, 2.75) is 51.0 Å². The van der Waals surface area contributed by atoms with E-state index in [1.165, 1.54) is 19.3 Å². The third kappa shape index (κ3) is 1.48. The fourth-order valence-electron chi connectivity index (χ4n) is 5.16. The third-order valence-corrected chi connectivity index (χ3v) is 4.96. The van der Waals surface area contributed by atoms with Gasteiger partial charge in [-0.3, -0.25) is 4.79 Å². The first-order valence-corrected chi connectivity index (χ1v) is 6.44. The molecule has 4 saturated carbocycles. The highest BCUT2D eigenvalue weighted by atomic mass is 16.3. The predicted molar refractivity (Wildman–Crippen MR) is 60.7 cm³/mol. The molecule has 2 unspecified atom stereocenters. The van der Waals surface area contributed by atoms with E-state index in [-0.39, 0.29) is 16.9 Å². The van der Waals surface area contributed by atoms with Gasteiger partial charge in [0.2, 0.25) is 5.91 Å². The first-order chi connectivity index (χ1) is 7.55. The lowest BCUT2D eigenvalue weighted by Gasteiger charge is -2.61. The predicted octanol–water partition coefficient (Wildman–Crippen LogP) is 1.45. The lowest BCUT2D eigenvalue weighted by atomic mass is 9.47. The highest BCUT2D eigenvalue weighted by molar-refractivity contribution is 5.74. The molecular weight excluding hydrogens is 202 g/mol. The Morgan fingerprint density at radius 1 is 1.31 bits per heavy atom. The van der Waals surface area contributed by atoms with E-state index < -0.39 is 0 Å². The van der Waals surface area contributed by atoms with E-state index in [1.807, 2.05) is 0 Å². The zero-order valence-electron chi connectivity index (χ0n) is 9.96. The second-order valence-corrected chi connectivity index (χ2v) is 6.58. The van der Waals surface area contributed by atoms with Crippen molar-refractivity contribution in [3.63, 3.8) is 0 Å². The molecule has 4 bridgehead atoms. The summed E-state index contributed by atoms with van der Waals surface area (Å²) in [5.74, 6) is 1.57. The summed E-state index contributed by atoms with van der Waals surface area (Å²) in [4.78, 5) is 11.3. The molecule has 2 N–H and O–H groups in total. The van der Waals surface area contributed by atoms with Crippen molar-refractivity contribution in [2.75, 3.05) is 6.61 Å². The summed E-state index contributed by atoms with van der Waals surface area (Å²) in [6.45, 7) is 1.92.